The van der Waals surface area contributed by atoms with Crippen LogP contribution in [0, 0.1) is 5.82 Å². The van der Waals surface area contributed by atoms with E-state index in [0.717, 1.165) is 11.3 Å². The van der Waals surface area contributed by atoms with E-state index >= 15 is 0 Å². The van der Waals surface area contributed by atoms with Crippen molar-refractivity contribution in [2.24, 2.45) is 7.05 Å². The molecule has 1 N–H and O–H groups in total. The van der Waals surface area contributed by atoms with Gasteiger partial charge in [-0.2, -0.15) is 5.10 Å². The molecule has 1 aliphatic rings. The highest BCUT2D eigenvalue weighted by Crippen LogP contribution is 2.39. The van der Waals surface area contributed by atoms with Crippen LogP contribution in [-0.2, 0) is 20.2 Å². The molecule has 0 aliphatic carbocycles. The van der Waals surface area contributed by atoms with Crippen molar-refractivity contribution in [2.75, 3.05) is 0 Å². The number of ether oxygens (including phenoxy) is 1. The van der Waals surface area contributed by atoms with Gasteiger partial charge in [-0.3, -0.25) is 9.48 Å². The summed E-state index contributed by atoms with van der Waals surface area (Å²) in [6.45, 7) is 0.464. The topological polar surface area (TPSA) is 56.2 Å². The Kier molecular flexibility index (Phi) is 4.12. The quantitative estimate of drug-likeness (QED) is 0.763. The molecular weight excluding hydrogens is 357 g/mol. The first-order chi connectivity index (χ1) is 12.5. The highest BCUT2D eigenvalue weighted by atomic mass is 35.5. The molecule has 0 atom stereocenters. The van der Waals surface area contributed by atoms with E-state index < -0.39 is 0 Å². The summed E-state index contributed by atoms with van der Waals surface area (Å²) in [5.41, 5.74) is 3.29. The van der Waals surface area contributed by atoms with Crippen molar-refractivity contribution in [2.45, 2.75) is 13.2 Å². The number of nitrogens with one attached hydrogen (secondary N) is 1. The zero-order valence-corrected chi connectivity index (χ0v) is 14.7. The fraction of sp³-hybridized carbons (Fsp3) is 0.158. The van der Waals surface area contributed by atoms with Crippen LogP contribution in [0.1, 0.15) is 21.6 Å². The Morgan fingerprint density at radius 3 is 3.00 bits per heavy atom. The molecule has 2 aromatic carbocycles. The number of aryl methyl sites for hydroxylation is 1. The fourth-order valence-corrected chi connectivity index (χ4v) is 3.27. The molecule has 0 fully saturated rings. The van der Waals surface area contributed by atoms with Gasteiger partial charge in [-0.25, -0.2) is 4.39 Å². The van der Waals surface area contributed by atoms with Crippen molar-refractivity contribution in [1.82, 2.24) is 15.1 Å². The van der Waals surface area contributed by atoms with Gasteiger partial charge in [0, 0.05) is 29.7 Å². The van der Waals surface area contributed by atoms with E-state index in [9.17, 15) is 9.18 Å². The van der Waals surface area contributed by atoms with Crippen LogP contribution >= 0.6 is 11.6 Å². The fourth-order valence-electron chi connectivity index (χ4n) is 3.10. The monoisotopic (exact) mass is 371 g/mol. The minimum atomic E-state index is -0.339. The van der Waals surface area contributed by atoms with Crippen molar-refractivity contribution in [3.05, 3.63) is 70.1 Å². The maximum absolute atomic E-state index is 13.3. The van der Waals surface area contributed by atoms with Gasteiger partial charge in [0.25, 0.3) is 5.91 Å². The van der Waals surface area contributed by atoms with E-state index in [-0.39, 0.29) is 24.9 Å². The number of benzene rings is 2. The summed E-state index contributed by atoms with van der Waals surface area (Å²) in [6.07, 6.45) is 0. The lowest BCUT2D eigenvalue weighted by Gasteiger charge is -2.19. The summed E-state index contributed by atoms with van der Waals surface area (Å²) in [4.78, 5) is 12.6. The second-order valence-electron chi connectivity index (χ2n) is 6.04. The van der Waals surface area contributed by atoms with E-state index in [2.05, 4.69) is 10.4 Å². The molecule has 2 heterocycles. The summed E-state index contributed by atoms with van der Waals surface area (Å²) in [5.74, 6) is 0.0330. The smallest absolute Gasteiger partial charge is 0.272 e. The van der Waals surface area contributed by atoms with Gasteiger partial charge in [-0.1, -0.05) is 23.7 Å². The molecule has 26 heavy (non-hydrogen) atoms. The molecule has 3 aromatic rings. The van der Waals surface area contributed by atoms with Crippen molar-refractivity contribution < 1.29 is 13.9 Å². The van der Waals surface area contributed by atoms with Gasteiger partial charge < -0.3 is 10.1 Å². The van der Waals surface area contributed by atoms with Crippen LogP contribution in [0.3, 0.4) is 0 Å². The molecule has 7 heteroatoms. The first kappa shape index (κ1) is 16.6. The molecule has 1 aliphatic heterocycles. The zero-order chi connectivity index (χ0) is 18.3. The number of fused-ring (bicyclic) bond motifs is 3. The number of rotatable bonds is 3. The van der Waals surface area contributed by atoms with Gasteiger partial charge in [-0.15, -0.1) is 0 Å². The molecule has 1 aromatic heterocycles. The third kappa shape index (κ3) is 2.93. The Hall–Kier alpha value is -2.86. The number of carbonyl (C=O) groups is 1. The maximum Gasteiger partial charge on any atom is 0.272 e. The number of hydrogen-bond acceptors (Lipinski definition) is 3. The van der Waals surface area contributed by atoms with Crippen LogP contribution in [0.5, 0.6) is 5.75 Å². The molecule has 0 saturated heterocycles. The molecule has 132 valence electrons. The molecule has 0 spiro atoms. The Labute approximate surface area is 154 Å². The summed E-state index contributed by atoms with van der Waals surface area (Å²) in [7, 11) is 1.78. The van der Waals surface area contributed by atoms with E-state index in [0.29, 0.717) is 27.6 Å². The van der Waals surface area contributed by atoms with Crippen LogP contribution in [0.15, 0.2) is 42.5 Å². The molecule has 0 saturated carbocycles. The lowest BCUT2D eigenvalue weighted by molar-refractivity contribution is 0.0942. The van der Waals surface area contributed by atoms with E-state index in [1.54, 1.807) is 42.1 Å². The number of nitrogens with zero attached hydrogens (tertiary/aromatic N) is 2. The number of hydrogen-bond donors (Lipinski definition) is 1. The minimum absolute atomic E-state index is 0.214. The Balaban J connectivity index is 1.63. The molecule has 4 rings (SSSR count). The van der Waals surface area contributed by atoms with Gasteiger partial charge >= 0.3 is 0 Å². The normalized spacial score (nSPS) is 12.1. The van der Waals surface area contributed by atoms with E-state index in [1.807, 2.05) is 0 Å². The lowest BCUT2D eigenvalue weighted by atomic mass is 10.0. The number of amides is 1. The highest BCUT2D eigenvalue weighted by molar-refractivity contribution is 6.31. The van der Waals surface area contributed by atoms with Crippen molar-refractivity contribution in [3.8, 4) is 17.0 Å². The summed E-state index contributed by atoms with van der Waals surface area (Å²) in [5, 5.41) is 7.72. The second kappa shape index (κ2) is 6.46. The van der Waals surface area contributed by atoms with Gasteiger partial charge in [0.2, 0.25) is 0 Å². The number of halogens is 2. The number of carbonyl (C=O) groups excluding carboxylic acids is 1. The molecule has 5 nitrogen and oxygen atoms in total. The highest BCUT2D eigenvalue weighted by Gasteiger charge is 2.28. The average molecular weight is 372 g/mol. The van der Waals surface area contributed by atoms with Gasteiger partial charge in [-0.05, 0) is 35.9 Å². The van der Waals surface area contributed by atoms with Crippen LogP contribution in [0.25, 0.3) is 11.3 Å². The third-order valence-corrected chi connectivity index (χ3v) is 4.51. The van der Waals surface area contributed by atoms with E-state index in [1.165, 1.54) is 12.1 Å². The molecule has 0 unspecified atom stereocenters. The predicted molar refractivity (Wildman–Crippen MR) is 95.6 cm³/mol. The predicted octanol–water partition coefficient (Wildman–Crippen LogP) is 3.70. The standard InChI is InChI=1S/C19H15ClFN3O2/c1-24-18-14-8-12(20)5-6-16(14)26-10-15(18)17(23-24)19(25)22-9-11-3-2-4-13(21)7-11/h2-8H,9-10H2,1H3,(H,22,25). The zero-order valence-electron chi connectivity index (χ0n) is 13.9. The van der Waals surface area contributed by atoms with Crippen LogP contribution in [0.2, 0.25) is 5.02 Å². The Morgan fingerprint density at radius 2 is 2.19 bits per heavy atom. The maximum atomic E-state index is 13.3. The summed E-state index contributed by atoms with van der Waals surface area (Å²) < 4.78 is 20.7. The molecule has 0 radical (unpaired) electrons. The number of aromatic nitrogens is 2. The molecule has 1 amide bonds. The largest absolute Gasteiger partial charge is 0.488 e. The first-order valence-corrected chi connectivity index (χ1v) is 8.42. The summed E-state index contributed by atoms with van der Waals surface area (Å²) >= 11 is 6.10. The SMILES string of the molecule is Cn1nc(C(=O)NCc2cccc(F)c2)c2c1-c1cc(Cl)ccc1OC2. The van der Waals surface area contributed by atoms with Crippen molar-refractivity contribution in [3.63, 3.8) is 0 Å². The Morgan fingerprint density at radius 1 is 1.35 bits per heavy atom. The van der Waals surface area contributed by atoms with E-state index in [4.69, 9.17) is 16.3 Å². The van der Waals surface area contributed by atoms with Gasteiger partial charge in [0.05, 0.1) is 5.69 Å². The lowest BCUT2D eigenvalue weighted by Crippen LogP contribution is -2.25. The van der Waals surface area contributed by atoms with Crippen LogP contribution in [-0.4, -0.2) is 15.7 Å². The minimum Gasteiger partial charge on any atom is -0.488 e. The Bertz CT molecular complexity index is 1020. The van der Waals surface area contributed by atoms with Crippen molar-refractivity contribution in [1.29, 1.82) is 0 Å². The average Bonchev–Trinajstić information content (AvgIpc) is 2.97. The summed E-state index contributed by atoms with van der Waals surface area (Å²) in [6, 6.07) is 11.5. The van der Waals surface area contributed by atoms with Gasteiger partial charge in [0.15, 0.2) is 5.69 Å². The van der Waals surface area contributed by atoms with Crippen LogP contribution in [0.4, 0.5) is 4.39 Å². The molecule has 0 bridgehead atoms. The van der Waals surface area contributed by atoms with Gasteiger partial charge in [0.1, 0.15) is 18.2 Å². The third-order valence-electron chi connectivity index (χ3n) is 4.27. The van der Waals surface area contributed by atoms with Crippen molar-refractivity contribution >= 4 is 17.5 Å². The van der Waals surface area contributed by atoms with Crippen LogP contribution < -0.4 is 10.1 Å². The second-order valence-corrected chi connectivity index (χ2v) is 6.48. The first-order valence-electron chi connectivity index (χ1n) is 8.04. The molecular formula is C19H15ClFN3O2.